The molecule has 0 spiro atoms. The number of fused-ring (bicyclic) bond motifs is 1. The molecule has 2 aliphatic carbocycles. The number of unbranched alkanes of at least 4 members (excludes halogenated alkanes) is 1. The normalized spacial score (nSPS) is 21.6. The summed E-state index contributed by atoms with van der Waals surface area (Å²) >= 11 is 0. The zero-order valence-electron chi connectivity index (χ0n) is 34.1. The van der Waals surface area contributed by atoms with E-state index in [4.69, 9.17) is 0 Å². The summed E-state index contributed by atoms with van der Waals surface area (Å²) in [6.07, 6.45) is 7.96. The lowest BCUT2D eigenvalue weighted by Gasteiger charge is -2.41. The molecule has 0 aromatic heterocycles. The number of Topliss-reactive ketones (excluding diaryl/α,β-unsaturated/α-hetero) is 1. The van der Waals surface area contributed by atoms with Gasteiger partial charge in [-0.2, -0.15) is 0 Å². The van der Waals surface area contributed by atoms with E-state index in [0.29, 0.717) is 38.5 Å². The lowest BCUT2D eigenvalue weighted by Crippen LogP contribution is -2.64. The van der Waals surface area contributed by atoms with Gasteiger partial charge >= 0.3 is 6.03 Å². The average molecular weight is 784 g/mol. The molecular weight excluding hydrogens is 719 g/mol. The van der Waals surface area contributed by atoms with Crippen LogP contribution in [0.1, 0.15) is 117 Å². The number of nitrogens with zero attached hydrogens (tertiary/aromatic N) is 1. The SMILES string of the molecule is C=CCNC(=O)C(=O)C(CCCC)NC(=O)[C@@H]1C[C@@H](C(C)C)CN1C(=O)[C@@H](NC(=O)NC1(CS(=O)(=O)C(C)(C)C)CCCCC1)C1(C)Cc2ccccc2C1. The number of amides is 5. The van der Waals surface area contributed by atoms with Crippen LogP contribution in [0, 0.1) is 17.3 Å². The molecule has 0 radical (unpaired) electrons. The molecule has 1 heterocycles. The minimum atomic E-state index is -3.60. The Balaban J connectivity index is 1.67. The Hall–Kier alpha value is -3.74. The van der Waals surface area contributed by atoms with Gasteiger partial charge in [-0.15, -0.1) is 6.58 Å². The number of sulfone groups is 1. The second-order valence-electron chi connectivity index (χ2n) is 17.8. The van der Waals surface area contributed by atoms with E-state index in [1.807, 2.05) is 52.0 Å². The predicted molar refractivity (Wildman–Crippen MR) is 215 cm³/mol. The number of ketones is 1. The Labute approximate surface area is 328 Å². The van der Waals surface area contributed by atoms with Gasteiger partial charge in [-0.05, 0) is 82.3 Å². The smallest absolute Gasteiger partial charge is 0.315 e. The van der Waals surface area contributed by atoms with E-state index in [1.54, 1.807) is 25.7 Å². The molecule has 1 aromatic carbocycles. The fourth-order valence-electron chi connectivity index (χ4n) is 8.46. The number of carbonyl (C=O) groups is 5. The quantitative estimate of drug-likeness (QED) is 0.138. The van der Waals surface area contributed by atoms with Crippen molar-refractivity contribution in [2.45, 2.75) is 148 Å². The number of hydrogen-bond acceptors (Lipinski definition) is 7. The van der Waals surface area contributed by atoms with E-state index in [9.17, 15) is 27.6 Å². The number of likely N-dealkylation sites (tertiary alicyclic amines) is 1. The summed E-state index contributed by atoms with van der Waals surface area (Å²) in [7, 11) is -3.60. The van der Waals surface area contributed by atoms with Crippen LogP contribution in [0.25, 0.3) is 0 Å². The maximum Gasteiger partial charge on any atom is 0.315 e. The van der Waals surface area contributed by atoms with Gasteiger partial charge < -0.3 is 26.2 Å². The van der Waals surface area contributed by atoms with Gasteiger partial charge in [0.2, 0.25) is 17.6 Å². The van der Waals surface area contributed by atoms with Crippen molar-refractivity contribution >= 4 is 39.4 Å². The Bertz CT molecular complexity index is 1670. The molecule has 4 N–H and O–H groups in total. The third kappa shape index (κ3) is 10.6. The highest BCUT2D eigenvalue weighted by Crippen LogP contribution is 2.42. The van der Waals surface area contributed by atoms with Crippen LogP contribution in [0.3, 0.4) is 0 Å². The Morgan fingerprint density at radius 2 is 1.62 bits per heavy atom. The van der Waals surface area contributed by atoms with Crippen molar-refractivity contribution in [3.63, 3.8) is 0 Å². The Kier molecular flexibility index (Phi) is 14.4. The molecule has 13 heteroatoms. The molecule has 1 aromatic rings. The molecule has 4 rings (SSSR count). The number of urea groups is 1. The minimum absolute atomic E-state index is 0.0310. The highest BCUT2D eigenvalue weighted by atomic mass is 32.2. The van der Waals surface area contributed by atoms with E-state index in [0.717, 1.165) is 36.8 Å². The molecule has 1 saturated heterocycles. The van der Waals surface area contributed by atoms with E-state index < -0.39 is 73.2 Å². The van der Waals surface area contributed by atoms with Gasteiger partial charge in [0, 0.05) is 18.5 Å². The zero-order valence-corrected chi connectivity index (χ0v) is 34.9. The summed E-state index contributed by atoms with van der Waals surface area (Å²) in [4.78, 5) is 71.1. The van der Waals surface area contributed by atoms with Crippen LogP contribution in [0.5, 0.6) is 0 Å². The number of hydrogen-bond donors (Lipinski definition) is 4. The Morgan fingerprint density at radius 3 is 2.16 bits per heavy atom. The third-order valence-corrected chi connectivity index (χ3v) is 14.9. The van der Waals surface area contributed by atoms with Gasteiger partial charge in [0.15, 0.2) is 9.84 Å². The maximum absolute atomic E-state index is 15.1. The summed E-state index contributed by atoms with van der Waals surface area (Å²) < 4.78 is 26.0. The largest absolute Gasteiger partial charge is 0.346 e. The van der Waals surface area contributed by atoms with Gasteiger partial charge in [0.05, 0.1) is 22.1 Å². The van der Waals surface area contributed by atoms with Crippen molar-refractivity contribution in [1.29, 1.82) is 0 Å². The maximum atomic E-state index is 15.1. The van der Waals surface area contributed by atoms with Crippen LogP contribution in [0.4, 0.5) is 4.79 Å². The highest BCUT2D eigenvalue weighted by molar-refractivity contribution is 7.92. The molecule has 55 heavy (non-hydrogen) atoms. The van der Waals surface area contributed by atoms with Gasteiger partial charge in [-0.25, -0.2) is 13.2 Å². The molecular formula is C42H65N5O7S. The first-order valence-corrected chi connectivity index (χ1v) is 21.8. The van der Waals surface area contributed by atoms with Crippen molar-refractivity contribution in [3.8, 4) is 0 Å². The lowest BCUT2D eigenvalue weighted by atomic mass is 9.78. The number of carbonyl (C=O) groups excluding carboxylic acids is 5. The Morgan fingerprint density at radius 1 is 1.00 bits per heavy atom. The van der Waals surface area contributed by atoms with Crippen LogP contribution < -0.4 is 21.3 Å². The molecule has 5 amide bonds. The summed E-state index contributed by atoms with van der Waals surface area (Å²) in [6.45, 7) is 17.0. The molecule has 3 aliphatic rings. The van der Waals surface area contributed by atoms with Crippen LogP contribution in [-0.2, 0) is 41.9 Å². The zero-order chi connectivity index (χ0) is 40.8. The van der Waals surface area contributed by atoms with Gasteiger partial charge in [-0.3, -0.25) is 19.2 Å². The monoisotopic (exact) mass is 783 g/mol. The summed E-state index contributed by atoms with van der Waals surface area (Å²) in [5.41, 5.74) is 0.397. The van der Waals surface area contributed by atoms with Crippen molar-refractivity contribution in [2.24, 2.45) is 17.3 Å². The standard InChI is InChI=1S/C42H65N5O7S/c1-9-11-19-32(34(48)37(50)43-22-10-2)44-36(49)33-23-31(28(3)4)26-47(33)38(51)35(41(8)24-29-17-13-14-18-30(29)25-41)45-39(52)46-42(20-15-12-16-21-42)27-55(53,54)40(5,6)7/h10,13-14,17-18,28,31-33,35H,2,9,11-12,15-16,19-27H2,1,3-8H3,(H,43,50)(H,44,49)(H2,45,46,52)/t31-,32?,33+,35-/m1/s1. The molecule has 12 nitrogen and oxygen atoms in total. The van der Waals surface area contributed by atoms with Gasteiger partial charge in [0.25, 0.3) is 5.91 Å². The fraction of sp³-hybridized carbons (Fsp3) is 0.690. The van der Waals surface area contributed by atoms with Crippen molar-refractivity contribution in [1.82, 2.24) is 26.2 Å². The first kappa shape index (κ1) is 44.0. The van der Waals surface area contributed by atoms with Crippen molar-refractivity contribution in [2.75, 3.05) is 18.8 Å². The lowest BCUT2D eigenvalue weighted by molar-refractivity contribution is -0.144. The first-order valence-electron chi connectivity index (χ1n) is 20.2. The number of nitrogens with one attached hydrogen (secondary N) is 4. The van der Waals surface area contributed by atoms with E-state index in [-0.39, 0.29) is 37.1 Å². The fourth-order valence-corrected chi connectivity index (χ4v) is 9.98. The number of benzene rings is 1. The summed E-state index contributed by atoms with van der Waals surface area (Å²) in [5.74, 6) is -2.59. The van der Waals surface area contributed by atoms with Crippen LogP contribution in [-0.4, -0.2) is 90.1 Å². The van der Waals surface area contributed by atoms with Crippen LogP contribution in [0.2, 0.25) is 0 Å². The first-order chi connectivity index (χ1) is 25.8. The predicted octanol–water partition coefficient (Wildman–Crippen LogP) is 4.79. The third-order valence-electron chi connectivity index (χ3n) is 12.1. The van der Waals surface area contributed by atoms with Crippen LogP contribution >= 0.6 is 0 Å². The second kappa shape index (κ2) is 18.0. The van der Waals surface area contributed by atoms with Crippen molar-refractivity contribution in [3.05, 3.63) is 48.0 Å². The minimum Gasteiger partial charge on any atom is -0.346 e. The van der Waals surface area contributed by atoms with E-state index in [2.05, 4.69) is 27.8 Å². The molecule has 1 saturated carbocycles. The molecule has 1 unspecified atom stereocenters. The molecule has 306 valence electrons. The summed E-state index contributed by atoms with van der Waals surface area (Å²) in [6, 6.07) is 4.27. The van der Waals surface area contributed by atoms with Gasteiger partial charge in [0.1, 0.15) is 12.1 Å². The van der Waals surface area contributed by atoms with E-state index >= 15 is 4.79 Å². The average Bonchev–Trinajstić information content (AvgIpc) is 3.72. The van der Waals surface area contributed by atoms with Crippen LogP contribution in [0.15, 0.2) is 36.9 Å². The second-order valence-corrected chi connectivity index (χ2v) is 20.6. The summed E-state index contributed by atoms with van der Waals surface area (Å²) in [5, 5.41) is 11.5. The topological polar surface area (TPSA) is 171 Å². The molecule has 2 fully saturated rings. The van der Waals surface area contributed by atoms with Crippen molar-refractivity contribution < 1.29 is 32.4 Å². The number of rotatable bonds is 16. The van der Waals surface area contributed by atoms with Gasteiger partial charge in [-0.1, -0.05) is 90.1 Å². The molecule has 4 atom stereocenters. The molecule has 1 aliphatic heterocycles. The van der Waals surface area contributed by atoms with E-state index in [1.165, 1.54) is 6.08 Å². The molecule has 0 bridgehead atoms. The highest BCUT2D eigenvalue weighted by Gasteiger charge is 2.51.